The fourth-order valence-corrected chi connectivity index (χ4v) is 4.38. The van der Waals surface area contributed by atoms with Crippen molar-refractivity contribution in [2.45, 2.75) is 13.3 Å². The van der Waals surface area contributed by atoms with Crippen LogP contribution in [0.1, 0.15) is 32.9 Å². The smallest absolute Gasteiger partial charge is 0.274 e. The maximum absolute atomic E-state index is 12.9. The van der Waals surface area contributed by atoms with Crippen LogP contribution in [0.25, 0.3) is 10.9 Å². The van der Waals surface area contributed by atoms with Gasteiger partial charge >= 0.3 is 0 Å². The van der Waals surface area contributed by atoms with Crippen molar-refractivity contribution in [2.75, 3.05) is 26.3 Å². The first-order valence-electron chi connectivity index (χ1n) is 9.66. The Morgan fingerprint density at radius 2 is 2.00 bits per heavy atom. The highest BCUT2D eigenvalue weighted by atomic mass is 35.5. The predicted molar refractivity (Wildman–Crippen MR) is 119 cm³/mol. The number of aromatic nitrogens is 2. The Morgan fingerprint density at radius 1 is 1.27 bits per heavy atom. The van der Waals surface area contributed by atoms with Crippen molar-refractivity contribution in [3.8, 4) is 12.3 Å². The minimum atomic E-state index is -0.201. The van der Waals surface area contributed by atoms with Crippen molar-refractivity contribution >= 4 is 40.0 Å². The highest BCUT2D eigenvalue weighted by Gasteiger charge is 2.25. The van der Waals surface area contributed by atoms with Crippen molar-refractivity contribution in [3.05, 3.63) is 62.5 Å². The molecule has 1 saturated heterocycles. The Hall–Kier alpha value is -2.52. The number of carbonyl (C=O) groups is 1. The number of morpholine rings is 1. The highest BCUT2D eigenvalue weighted by Crippen LogP contribution is 2.32. The summed E-state index contributed by atoms with van der Waals surface area (Å²) in [5.41, 5.74) is 4.92. The molecule has 5 nitrogen and oxygen atoms in total. The van der Waals surface area contributed by atoms with Gasteiger partial charge in [0.25, 0.3) is 5.91 Å². The van der Waals surface area contributed by atoms with Gasteiger partial charge in [0.1, 0.15) is 5.69 Å². The number of aryl methyl sites for hydroxylation is 2. The van der Waals surface area contributed by atoms with E-state index in [0.29, 0.717) is 48.3 Å². The first-order chi connectivity index (χ1) is 14.4. The Labute approximate surface area is 185 Å². The molecule has 0 saturated carbocycles. The number of nitrogens with zero attached hydrogens (tertiary/aromatic N) is 3. The van der Waals surface area contributed by atoms with Crippen molar-refractivity contribution < 1.29 is 9.53 Å². The van der Waals surface area contributed by atoms with Gasteiger partial charge in [0.2, 0.25) is 0 Å². The van der Waals surface area contributed by atoms with E-state index in [-0.39, 0.29) is 11.6 Å². The lowest BCUT2D eigenvalue weighted by Gasteiger charge is -2.27. The van der Waals surface area contributed by atoms with Gasteiger partial charge in [0, 0.05) is 54.9 Å². The van der Waals surface area contributed by atoms with E-state index in [2.05, 4.69) is 21.5 Å². The molecule has 4 rings (SSSR count). The van der Waals surface area contributed by atoms with Crippen LogP contribution >= 0.6 is 23.2 Å². The van der Waals surface area contributed by atoms with Crippen molar-refractivity contribution in [3.63, 3.8) is 0 Å². The van der Waals surface area contributed by atoms with Gasteiger partial charge in [0.15, 0.2) is 0 Å². The SMILES string of the molecule is C#Cc1cc(C)c2cc(Cc3c(Cl)cnc(C(=O)N4CCOCC4)c3Cl)n(C)c2c1. The number of pyridine rings is 1. The van der Waals surface area contributed by atoms with E-state index in [1.165, 1.54) is 6.20 Å². The van der Waals surface area contributed by atoms with Crippen molar-refractivity contribution in [1.82, 2.24) is 14.5 Å². The van der Waals surface area contributed by atoms with E-state index in [4.69, 9.17) is 34.4 Å². The molecule has 2 aromatic heterocycles. The van der Waals surface area contributed by atoms with Crippen LogP contribution < -0.4 is 0 Å². The summed E-state index contributed by atoms with van der Waals surface area (Å²) in [6.07, 6.45) is 7.56. The van der Waals surface area contributed by atoms with Crippen LogP contribution in [0, 0.1) is 19.3 Å². The third-order valence-corrected chi connectivity index (χ3v) is 6.29. The molecule has 7 heteroatoms. The van der Waals surface area contributed by atoms with Crippen LogP contribution in [0.5, 0.6) is 0 Å². The summed E-state index contributed by atoms with van der Waals surface area (Å²) in [4.78, 5) is 18.9. The molecule has 1 fully saturated rings. The second kappa shape index (κ2) is 8.31. The molecule has 3 aromatic rings. The minimum absolute atomic E-state index is 0.201. The number of terminal acetylenes is 1. The van der Waals surface area contributed by atoms with Gasteiger partial charge < -0.3 is 14.2 Å². The third-order valence-electron chi connectivity index (χ3n) is 5.56. The number of hydrogen-bond acceptors (Lipinski definition) is 3. The summed E-state index contributed by atoms with van der Waals surface area (Å²) < 4.78 is 7.41. The number of carbonyl (C=O) groups excluding carboxylic acids is 1. The number of benzene rings is 1. The second-order valence-corrected chi connectivity index (χ2v) is 8.18. The fraction of sp³-hybridized carbons (Fsp3) is 0.304. The fourth-order valence-electron chi connectivity index (χ4n) is 3.83. The average Bonchev–Trinajstić information content (AvgIpc) is 3.07. The molecule has 0 spiro atoms. The Balaban J connectivity index is 1.73. The topological polar surface area (TPSA) is 47.4 Å². The molecule has 30 heavy (non-hydrogen) atoms. The maximum atomic E-state index is 12.9. The zero-order valence-corrected chi connectivity index (χ0v) is 18.3. The van der Waals surface area contributed by atoms with E-state index >= 15 is 0 Å². The monoisotopic (exact) mass is 441 g/mol. The van der Waals surface area contributed by atoms with Gasteiger partial charge in [-0.25, -0.2) is 4.98 Å². The quantitative estimate of drug-likeness (QED) is 0.571. The van der Waals surface area contributed by atoms with E-state index in [9.17, 15) is 4.79 Å². The summed E-state index contributed by atoms with van der Waals surface area (Å²) >= 11 is 13.1. The van der Waals surface area contributed by atoms with Crippen LogP contribution in [0.3, 0.4) is 0 Å². The number of halogens is 2. The molecule has 1 aromatic carbocycles. The summed E-state index contributed by atoms with van der Waals surface area (Å²) in [6, 6.07) is 6.11. The van der Waals surface area contributed by atoms with Gasteiger partial charge in [0.05, 0.1) is 23.3 Å². The molecule has 154 valence electrons. The molecule has 1 aliphatic heterocycles. The maximum Gasteiger partial charge on any atom is 0.274 e. The zero-order chi connectivity index (χ0) is 21.4. The second-order valence-electron chi connectivity index (χ2n) is 7.39. The molecule has 0 aliphatic carbocycles. The average molecular weight is 442 g/mol. The number of rotatable bonds is 3. The molecule has 0 unspecified atom stereocenters. The van der Waals surface area contributed by atoms with E-state index < -0.39 is 0 Å². The van der Waals surface area contributed by atoms with Gasteiger partial charge in [-0.3, -0.25) is 4.79 Å². The highest BCUT2D eigenvalue weighted by molar-refractivity contribution is 6.37. The molecule has 1 aliphatic rings. The Kier molecular flexibility index (Phi) is 5.75. The standard InChI is InChI=1S/C23H21Cl2N3O2/c1-4-15-9-14(2)17-11-16(27(3)20(17)10-15)12-18-19(24)13-26-22(21(18)25)23(29)28-5-7-30-8-6-28/h1,9-11,13H,5-8,12H2,2-3H3. The lowest BCUT2D eigenvalue weighted by Crippen LogP contribution is -2.41. The minimum Gasteiger partial charge on any atom is -0.378 e. The summed E-state index contributed by atoms with van der Waals surface area (Å²) in [5.74, 6) is 2.50. The van der Waals surface area contributed by atoms with Crippen molar-refractivity contribution in [2.24, 2.45) is 7.05 Å². The molecule has 3 heterocycles. The summed E-state index contributed by atoms with van der Waals surface area (Å²) in [6.45, 7) is 4.11. The molecular formula is C23H21Cl2N3O2. The lowest BCUT2D eigenvalue weighted by atomic mass is 10.1. The van der Waals surface area contributed by atoms with E-state index in [1.54, 1.807) is 4.90 Å². The first-order valence-corrected chi connectivity index (χ1v) is 10.4. The van der Waals surface area contributed by atoms with Crippen LogP contribution in [-0.2, 0) is 18.2 Å². The zero-order valence-electron chi connectivity index (χ0n) is 16.8. The largest absolute Gasteiger partial charge is 0.378 e. The number of fused-ring (bicyclic) bond motifs is 1. The van der Waals surface area contributed by atoms with Crippen LogP contribution in [0.2, 0.25) is 10.0 Å². The molecule has 1 amide bonds. The number of ether oxygens (including phenoxy) is 1. The van der Waals surface area contributed by atoms with Gasteiger partial charge in [-0.2, -0.15) is 0 Å². The lowest BCUT2D eigenvalue weighted by molar-refractivity contribution is 0.0299. The third kappa shape index (κ3) is 3.67. The number of amides is 1. The first kappa shape index (κ1) is 20.7. The van der Waals surface area contributed by atoms with E-state index in [0.717, 1.165) is 27.7 Å². The van der Waals surface area contributed by atoms with Gasteiger partial charge in [-0.1, -0.05) is 29.1 Å². The normalized spacial score (nSPS) is 14.2. The molecule has 0 bridgehead atoms. The van der Waals surface area contributed by atoms with Crippen LogP contribution in [0.4, 0.5) is 0 Å². The number of hydrogen-bond donors (Lipinski definition) is 0. The summed E-state index contributed by atoms with van der Waals surface area (Å²) in [5, 5.41) is 1.85. The molecule has 0 radical (unpaired) electrons. The van der Waals surface area contributed by atoms with Crippen LogP contribution in [0.15, 0.2) is 24.4 Å². The molecular weight excluding hydrogens is 421 g/mol. The predicted octanol–water partition coefficient (Wildman–Crippen LogP) is 4.23. The Bertz CT molecular complexity index is 1190. The van der Waals surface area contributed by atoms with E-state index in [1.807, 2.05) is 26.1 Å². The summed E-state index contributed by atoms with van der Waals surface area (Å²) in [7, 11) is 1.99. The molecule has 0 N–H and O–H groups in total. The van der Waals surface area contributed by atoms with Gasteiger partial charge in [-0.15, -0.1) is 6.42 Å². The molecule has 0 atom stereocenters. The Morgan fingerprint density at radius 3 is 2.70 bits per heavy atom. The van der Waals surface area contributed by atoms with Crippen LogP contribution in [-0.4, -0.2) is 46.7 Å². The van der Waals surface area contributed by atoms with Crippen molar-refractivity contribution in [1.29, 1.82) is 0 Å². The van der Waals surface area contributed by atoms with Gasteiger partial charge in [-0.05, 0) is 36.2 Å².